The van der Waals surface area contributed by atoms with E-state index in [1.165, 1.54) is 11.6 Å². The molecule has 0 spiro atoms. The molecule has 1 aromatic rings. The van der Waals surface area contributed by atoms with Gasteiger partial charge in [-0.3, -0.25) is 4.79 Å². The van der Waals surface area contributed by atoms with E-state index in [4.69, 9.17) is 0 Å². The van der Waals surface area contributed by atoms with Crippen molar-refractivity contribution in [3.8, 4) is 0 Å². The summed E-state index contributed by atoms with van der Waals surface area (Å²) in [4.78, 5) is 11.8. The fourth-order valence-corrected chi connectivity index (χ4v) is 1.92. The molecule has 0 fully saturated rings. The number of allylic oxidation sites excluding steroid dienone is 1. The Labute approximate surface area is 91.8 Å². The van der Waals surface area contributed by atoms with E-state index < -0.39 is 0 Å². The molecule has 0 aromatic heterocycles. The van der Waals surface area contributed by atoms with Crippen LogP contribution < -0.4 is 0 Å². The van der Waals surface area contributed by atoms with Crippen LogP contribution in [0.1, 0.15) is 40.9 Å². The first-order chi connectivity index (χ1) is 7.13. The Morgan fingerprint density at radius 3 is 2.07 bits per heavy atom. The zero-order valence-electron chi connectivity index (χ0n) is 9.76. The summed E-state index contributed by atoms with van der Waals surface area (Å²) in [6.07, 6.45) is 3.19. The van der Waals surface area contributed by atoms with E-state index >= 15 is 0 Å². The predicted molar refractivity (Wildman–Crippen MR) is 64.5 cm³/mol. The standard InChI is InChI=1S/C14H18O/c1-5-11-8-10(4)9-12(6-2)14(11)13(15)7-3/h7-9H,3,5-6H2,1-2,4H3. The molecule has 0 saturated carbocycles. The van der Waals surface area contributed by atoms with Crippen LogP contribution in [-0.4, -0.2) is 5.78 Å². The van der Waals surface area contributed by atoms with E-state index in [1.807, 2.05) is 0 Å². The number of ketones is 1. The Kier molecular flexibility index (Phi) is 3.84. The molecule has 80 valence electrons. The lowest BCUT2D eigenvalue weighted by molar-refractivity contribution is 0.104. The number of aryl methyl sites for hydroxylation is 3. The molecule has 0 aliphatic rings. The third-order valence-corrected chi connectivity index (χ3v) is 2.64. The molecule has 0 bridgehead atoms. The van der Waals surface area contributed by atoms with Crippen LogP contribution in [-0.2, 0) is 12.8 Å². The maximum absolute atomic E-state index is 11.8. The van der Waals surface area contributed by atoms with Crippen LogP contribution in [0.5, 0.6) is 0 Å². The number of carbonyl (C=O) groups is 1. The van der Waals surface area contributed by atoms with E-state index in [9.17, 15) is 4.79 Å². The van der Waals surface area contributed by atoms with Gasteiger partial charge in [0.15, 0.2) is 5.78 Å². The molecule has 0 atom stereocenters. The van der Waals surface area contributed by atoms with Crippen LogP contribution in [0.2, 0.25) is 0 Å². The van der Waals surface area contributed by atoms with Crippen molar-refractivity contribution in [3.63, 3.8) is 0 Å². The normalized spacial score (nSPS) is 10.1. The second-order valence-electron chi connectivity index (χ2n) is 3.73. The molecule has 0 amide bonds. The number of rotatable bonds is 4. The second-order valence-corrected chi connectivity index (χ2v) is 3.73. The fraction of sp³-hybridized carbons (Fsp3) is 0.357. The predicted octanol–water partition coefficient (Wildman–Crippen LogP) is 3.49. The molecule has 0 unspecified atom stereocenters. The first kappa shape index (κ1) is 11.7. The van der Waals surface area contributed by atoms with Gasteiger partial charge in [-0.1, -0.05) is 38.1 Å². The Bertz CT molecular complexity index is 363. The zero-order chi connectivity index (χ0) is 11.4. The third-order valence-electron chi connectivity index (χ3n) is 2.64. The average molecular weight is 202 g/mol. The molecule has 0 heterocycles. The van der Waals surface area contributed by atoms with E-state index in [-0.39, 0.29) is 5.78 Å². The molecule has 1 nitrogen and oxygen atoms in total. The highest BCUT2D eigenvalue weighted by Gasteiger charge is 2.12. The van der Waals surface area contributed by atoms with Crippen molar-refractivity contribution in [2.75, 3.05) is 0 Å². The van der Waals surface area contributed by atoms with Crippen molar-refractivity contribution < 1.29 is 4.79 Å². The highest BCUT2D eigenvalue weighted by atomic mass is 16.1. The minimum Gasteiger partial charge on any atom is -0.289 e. The number of hydrogen-bond donors (Lipinski definition) is 0. The first-order valence-corrected chi connectivity index (χ1v) is 5.43. The van der Waals surface area contributed by atoms with Crippen molar-refractivity contribution in [2.24, 2.45) is 0 Å². The summed E-state index contributed by atoms with van der Waals surface area (Å²) in [5.74, 6) is 0.0451. The summed E-state index contributed by atoms with van der Waals surface area (Å²) in [5.41, 5.74) is 4.36. The lowest BCUT2D eigenvalue weighted by Gasteiger charge is -2.11. The van der Waals surface area contributed by atoms with Crippen molar-refractivity contribution >= 4 is 5.78 Å². The van der Waals surface area contributed by atoms with Gasteiger partial charge in [0, 0.05) is 5.56 Å². The van der Waals surface area contributed by atoms with Crippen molar-refractivity contribution in [3.05, 3.63) is 47.0 Å². The molecule has 0 N–H and O–H groups in total. The molecule has 15 heavy (non-hydrogen) atoms. The molecular weight excluding hydrogens is 184 g/mol. The quantitative estimate of drug-likeness (QED) is 0.539. The summed E-state index contributed by atoms with van der Waals surface area (Å²) in [5, 5.41) is 0. The van der Waals surface area contributed by atoms with Gasteiger partial charge in [0.2, 0.25) is 0 Å². The molecule has 0 radical (unpaired) electrons. The summed E-state index contributed by atoms with van der Waals surface area (Å²) < 4.78 is 0. The molecule has 1 heteroatoms. The minimum atomic E-state index is 0.0451. The second kappa shape index (κ2) is 4.92. The van der Waals surface area contributed by atoms with Gasteiger partial charge in [-0.15, -0.1) is 0 Å². The fourth-order valence-electron chi connectivity index (χ4n) is 1.92. The Balaban J connectivity index is 3.43. The zero-order valence-corrected chi connectivity index (χ0v) is 9.76. The Morgan fingerprint density at radius 2 is 1.73 bits per heavy atom. The van der Waals surface area contributed by atoms with Crippen molar-refractivity contribution in [2.45, 2.75) is 33.6 Å². The van der Waals surface area contributed by atoms with Gasteiger partial charge >= 0.3 is 0 Å². The van der Waals surface area contributed by atoms with Crippen LogP contribution in [0, 0.1) is 6.92 Å². The summed E-state index contributed by atoms with van der Waals surface area (Å²) in [6.45, 7) is 9.79. The van der Waals surface area contributed by atoms with Gasteiger partial charge in [-0.05, 0) is 37.0 Å². The lowest BCUT2D eigenvalue weighted by atomic mass is 9.92. The SMILES string of the molecule is C=CC(=O)c1c(CC)cc(C)cc1CC. The van der Waals surface area contributed by atoms with Crippen LogP contribution in [0.4, 0.5) is 0 Å². The lowest BCUT2D eigenvalue weighted by Crippen LogP contribution is -2.05. The van der Waals surface area contributed by atoms with Gasteiger partial charge in [0.05, 0.1) is 0 Å². The number of benzene rings is 1. The highest BCUT2D eigenvalue weighted by molar-refractivity contribution is 6.06. The summed E-state index contributed by atoms with van der Waals surface area (Å²) in [7, 11) is 0. The van der Waals surface area contributed by atoms with Crippen LogP contribution in [0.25, 0.3) is 0 Å². The van der Waals surface area contributed by atoms with E-state index in [1.54, 1.807) is 0 Å². The molecular formula is C14H18O. The average Bonchev–Trinajstić information content (AvgIpc) is 2.26. The van der Waals surface area contributed by atoms with Crippen molar-refractivity contribution in [1.29, 1.82) is 0 Å². The summed E-state index contributed by atoms with van der Waals surface area (Å²) in [6, 6.07) is 4.19. The van der Waals surface area contributed by atoms with E-state index in [0.717, 1.165) is 29.5 Å². The molecule has 0 aliphatic carbocycles. The van der Waals surface area contributed by atoms with Gasteiger partial charge in [-0.25, -0.2) is 0 Å². The van der Waals surface area contributed by atoms with Gasteiger partial charge in [0.25, 0.3) is 0 Å². The minimum absolute atomic E-state index is 0.0451. The highest BCUT2D eigenvalue weighted by Crippen LogP contribution is 2.20. The topological polar surface area (TPSA) is 17.1 Å². The van der Waals surface area contributed by atoms with E-state index in [0.29, 0.717) is 0 Å². The molecule has 1 rings (SSSR count). The maximum atomic E-state index is 11.8. The molecule has 1 aromatic carbocycles. The monoisotopic (exact) mass is 202 g/mol. The Morgan fingerprint density at radius 1 is 1.27 bits per heavy atom. The molecule has 0 saturated heterocycles. The smallest absolute Gasteiger partial charge is 0.185 e. The van der Waals surface area contributed by atoms with Gasteiger partial charge < -0.3 is 0 Å². The van der Waals surface area contributed by atoms with Crippen LogP contribution in [0.3, 0.4) is 0 Å². The maximum Gasteiger partial charge on any atom is 0.185 e. The number of carbonyl (C=O) groups excluding carboxylic acids is 1. The largest absolute Gasteiger partial charge is 0.289 e. The molecule has 0 aliphatic heterocycles. The van der Waals surface area contributed by atoms with Crippen LogP contribution >= 0.6 is 0 Å². The number of hydrogen-bond acceptors (Lipinski definition) is 1. The first-order valence-electron chi connectivity index (χ1n) is 5.43. The van der Waals surface area contributed by atoms with Crippen molar-refractivity contribution in [1.82, 2.24) is 0 Å². The van der Waals surface area contributed by atoms with Crippen LogP contribution in [0.15, 0.2) is 24.8 Å². The van der Waals surface area contributed by atoms with Gasteiger partial charge in [-0.2, -0.15) is 0 Å². The third kappa shape index (κ3) is 2.35. The summed E-state index contributed by atoms with van der Waals surface area (Å²) >= 11 is 0. The van der Waals surface area contributed by atoms with E-state index in [2.05, 4.69) is 39.5 Å². The Hall–Kier alpha value is -1.37. The van der Waals surface area contributed by atoms with Gasteiger partial charge in [0.1, 0.15) is 0 Å².